The molecule has 2 amide bonds. The minimum Gasteiger partial charge on any atom is -0.484 e. The fraction of sp³-hybridized carbons (Fsp3) is 0.0952. The second-order valence-electron chi connectivity index (χ2n) is 5.92. The lowest BCUT2D eigenvalue weighted by Crippen LogP contribution is -2.28. The van der Waals surface area contributed by atoms with Crippen LogP contribution < -0.4 is 15.5 Å². The summed E-state index contributed by atoms with van der Waals surface area (Å²) in [7, 11) is 0. The summed E-state index contributed by atoms with van der Waals surface area (Å²) in [5.41, 5.74) is 3.76. The predicted octanol–water partition coefficient (Wildman–Crippen LogP) is 3.50. The highest BCUT2D eigenvalue weighted by Gasteiger charge is 2.05. The van der Waals surface area contributed by atoms with Gasteiger partial charge in [-0.15, -0.1) is 0 Å². The topological polar surface area (TPSA) is 92.9 Å². The molecule has 0 saturated heterocycles. The van der Waals surface area contributed by atoms with E-state index in [9.17, 15) is 9.59 Å². The molecule has 0 atom stereocenters. The average molecular weight is 456 g/mol. The first-order valence-corrected chi connectivity index (χ1v) is 9.50. The van der Waals surface area contributed by atoms with Gasteiger partial charge in [-0.05, 0) is 66.2 Å². The first-order chi connectivity index (χ1) is 14.1. The Bertz CT molecular complexity index is 968. The molecule has 0 saturated carbocycles. The number of hydrogen-bond acceptors (Lipinski definition) is 5. The van der Waals surface area contributed by atoms with Crippen LogP contribution >= 0.6 is 15.9 Å². The number of carbonyl (C=O) groups is 2. The van der Waals surface area contributed by atoms with Gasteiger partial charge in [0.15, 0.2) is 6.61 Å². The normalized spacial score (nSPS) is 10.7. The molecule has 148 valence electrons. The third-order valence-corrected chi connectivity index (χ3v) is 4.30. The lowest BCUT2D eigenvalue weighted by Gasteiger charge is -2.06. The smallest absolute Gasteiger partial charge is 0.271 e. The van der Waals surface area contributed by atoms with Crippen molar-refractivity contribution in [1.29, 1.82) is 0 Å². The number of hydrazone groups is 1. The third-order valence-electron chi connectivity index (χ3n) is 3.78. The van der Waals surface area contributed by atoms with Gasteiger partial charge < -0.3 is 14.5 Å². The zero-order valence-corrected chi connectivity index (χ0v) is 16.9. The maximum absolute atomic E-state index is 12.0. The number of ether oxygens (including phenoxy) is 1. The maximum Gasteiger partial charge on any atom is 0.271 e. The van der Waals surface area contributed by atoms with Crippen LogP contribution in [0.2, 0.25) is 0 Å². The van der Waals surface area contributed by atoms with E-state index in [-0.39, 0.29) is 18.4 Å². The summed E-state index contributed by atoms with van der Waals surface area (Å²) in [5, 5.41) is 6.64. The average Bonchev–Trinajstić information content (AvgIpc) is 3.26. The van der Waals surface area contributed by atoms with Crippen LogP contribution in [-0.4, -0.2) is 24.6 Å². The number of furan rings is 1. The molecule has 0 spiro atoms. The molecular formula is C21H18BrN3O4. The first-order valence-electron chi connectivity index (χ1n) is 8.71. The van der Waals surface area contributed by atoms with Crippen LogP contribution in [0.25, 0.3) is 0 Å². The van der Waals surface area contributed by atoms with Crippen LogP contribution in [0.4, 0.5) is 0 Å². The molecule has 0 aliphatic heterocycles. The summed E-state index contributed by atoms with van der Waals surface area (Å²) in [6, 6.07) is 17.5. The zero-order chi connectivity index (χ0) is 20.5. The molecule has 8 heteroatoms. The lowest BCUT2D eigenvalue weighted by molar-refractivity contribution is -0.123. The maximum atomic E-state index is 12.0. The fourth-order valence-electron chi connectivity index (χ4n) is 2.28. The number of halogens is 1. The number of hydrogen-bond donors (Lipinski definition) is 2. The van der Waals surface area contributed by atoms with Gasteiger partial charge in [0, 0.05) is 10.0 Å². The largest absolute Gasteiger partial charge is 0.484 e. The number of nitrogens with one attached hydrogen (secondary N) is 2. The number of amides is 2. The summed E-state index contributed by atoms with van der Waals surface area (Å²) >= 11 is 3.32. The second kappa shape index (κ2) is 10.2. The van der Waals surface area contributed by atoms with E-state index >= 15 is 0 Å². The van der Waals surface area contributed by atoms with Crippen molar-refractivity contribution in [2.75, 3.05) is 6.61 Å². The summed E-state index contributed by atoms with van der Waals surface area (Å²) in [4.78, 5) is 23.8. The molecule has 0 fully saturated rings. The van der Waals surface area contributed by atoms with Gasteiger partial charge in [-0.2, -0.15) is 5.10 Å². The first kappa shape index (κ1) is 20.3. The highest BCUT2D eigenvalue weighted by molar-refractivity contribution is 9.10. The summed E-state index contributed by atoms with van der Waals surface area (Å²) in [6.45, 7) is 0.216. The van der Waals surface area contributed by atoms with Gasteiger partial charge in [-0.25, -0.2) is 5.43 Å². The van der Waals surface area contributed by atoms with Crippen molar-refractivity contribution in [3.63, 3.8) is 0 Å². The van der Waals surface area contributed by atoms with Crippen LogP contribution in [0.1, 0.15) is 21.7 Å². The Balaban J connectivity index is 1.42. The second-order valence-corrected chi connectivity index (χ2v) is 6.84. The lowest BCUT2D eigenvalue weighted by atomic mass is 10.2. The number of carbonyl (C=O) groups excluding carboxylic acids is 2. The van der Waals surface area contributed by atoms with Gasteiger partial charge in [0.1, 0.15) is 11.5 Å². The molecule has 2 aromatic carbocycles. The van der Waals surface area contributed by atoms with E-state index in [1.807, 2.05) is 0 Å². The molecule has 2 N–H and O–H groups in total. The quantitative estimate of drug-likeness (QED) is 0.401. The van der Waals surface area contributed by atoms with Gasteiger partial charge in [0.25, 0.3) is 11.8 Å². The summed E-state index contributed by atoms with van der Waals surface area (Å²) in [5.74, 6) is 0.681. The third kappa shape index (κ3) is 6.62. The van der Waals surface area contributed by atoms with Gasteiger partial charge in [-0.3, -0.25) is 9.59 Å². The Labute approximate surface area is 175 Å². The molecule has 0 aliphatic rings. The molecule has 0 radical (unpaired) electrons. The summed E-state index contributed by atoms with van der Waals surface area (Å²) < 4.78 is 11.5. The van der Waals surface area contributed by atoms with Crippen molar-refractivity contribution in [2.24, 2.45) is 5.10 Å². The Morgan fingerprint density at radius 3 is 2.52 bits per heavy atom. The van der Waals surface area contributed by atoms with Crippen molar-refractivity contribution in [1.82, 2.24) is 10.7 Å². The molecule has 0 aliphatic carbocycles. The Morgan fingerprint density at radius 2 is 1.83 bits per heavy atom. The Kier molecular flexibility index (Phi) is 7.18. The van der Waals surface area contributed by atoms with E-state index in [2.05, 4.69) is 31.8 Å². The Morgan fingerprint density at radius 1 is 1.07 bits per heavy atom. The molecule has 1 heterocycles. The minimum absolute atomic E-state index is 0.0998. The van der Waals surface area contributed by atoms with Crippen LogP contribution in [0, 0.1) is 0 Å². The van der Waals surface area contributed by atoms with Crippen molar-refractivity contribution in [3.05, 3.63) is 88.3 Å². The van der Waals surface area contributed by atoms with E-state index in [1.165, 1.54) is 6.21 Å². The van der Waals surface area contributed by atoms with E-state index in [0.717, 1.165) is 10.0 Å². The molecular weight excluding hydrogens is 438 g/mol. The van der Waals surface area contributed by atoms with Gasteiger partial charge >= 0.3 is 0 Å². The summed E-state index contributed by atoms with van der Waals surface area (Å²) in [6.07, 6.45) is 3.08. The van der Waals surface area contributed by atoms with E-state index in [0.29, 0.717) is 23.6 Å². The molecule has 3 rings (SSSR count). The van der Waals surface area contributed by atoms with Crippen LogP contribution in [0.3, 0.4) is 0 Å². The van der Waals surface area contributed by atoms with Gasteiger partial charge in [-0.1, -0.05) is 15.9 Å². The highest BCUT2D eigenvalue weighted by atomic mass is 79.9. The van der Waals surface area contributed by atoms with Gasteiger partial charge in [0.05, 0.1) is 19.0 Å². The van der Waals surface area contributed by atoms with E-state index in [4.69, 9.17) is 9.15 Å². The zero-order valence-electron chi connectivity index (χ0n) is 15.3. The van der Waals surface area contributed by atoms with Crippen molar-refractivity contribution >= 4 is 34.0 Å². The van der Waals surface area contributed by atoms with E-state index in [1.54, 1.807) is 66.9 Å². The van der Waals surface area contributed by atoms with Crippen molar-refractivity contribution in [2.45, 2.75) is 6.54 Å². The molecule has 0 bridgehead atoms. The van der Waals surface area contributed by atoms with Gasteiger partial charge in [0.2, 0.25) is 0 Å². The fourth-order valence-corrected chi connectivity index (χ4v) is 2.54. The predicted molar refractivity (Wildman–Crippen MR) is 112 cm³/mol. The number of rotatable bonds is 8. The van der Waals surface area contributed by atoms with Crippen molar-refractivity contribution < 1.29 is 18.7 Å². The molecule has 3 aromatic rings. The minimum atomic E-state index is -0.297. The number of nitrogens with zero attached hydrogens (tertiary/aromatic N) is 1. The molecule has 0 unspecified atom stereocenters. The monoisotopic (exact) mass is 455 g/mol. The molecule has 7 nitrogen and oxygen atoms in total. The molecule has 29 heavy (non-hydrogen) atoms. The van der Waals surface area contributed by atoms with Crippen molar-refractivity contribution in [3.8, 4) is 5.75 Å². The van der Waals surface area contributed by atoms with Crippen LogP contribution in [0.5, 0.6) is 5.75 Å². The van der Waals surface area contributed by atoms with Crippen LogP contribution in [0.15, 0.2) is 80.9 Å². The van der Waals surface area contributed by atoms with E-state index < -0.39 is 0 Å². The SMILES string of the molecule is O=C(COc1ccc(/C=N\NC(=O)c2ccc(Br)cc2)cc1)NCc1ccco1. The standard InChI is InChI=1S/C21H18BrN3O4/c22-17-7-5-16(6-8-17)21(27)25-24-12-15-3-9-18(10-4-15)29-14-20(26)23-13-19-2-1-11-28-19/h1-12H,13-14H2,(H,23,26)(H,25,27)/b24-12-. The number of benzene rings is 2. The Hall–Kier alpha value is -3.39. The highest BCUT2D eigenvalue weighted by Crippen LogP contribution is 2.12. The molecule has 1 aromatic heterocycles. The van der Waals surface area contributed by atoms with Crippen LogP contribution in [-0.2, 0) is 11.3 Å².